The van der Waals surface area contributed by atoms with Crippen LogP contribution in [0.2, 0.25) is 0 Å². The highest BCUT2D eigenvalue weighted by Crippen LogP contribution is 2.13. The van der Waals surface area contributed by atoms with Gasteiger partial charge >= 0.3 is 0 Å². The molecule has 1 rings (SSSR count). The molecule has 1 saturated carbocycles. The molecule has 0 bridgehead atoms. The van der Waals surface area contributed by atoms with Gasteiger partial charge in [0.2, 0.25) is 0 Å². The molecule has 1 N–H and O–H groups in total. The second-order valence-electron chi connectivity index (χ2n) is 3.30. The molecule has 1 aliphatic carbocycles. The van der Waals surface area contributed by atoms with Gasteiger partial charge in [0.1, 0.15) is 0 Å². The van der Waals surface area contributed by atoms with E-state index in [0.29, 0.717) is 0 Å². The Morgan fingerprint density at radius 1 is 1.31 bits per heavy atom. The Kier molecular flexibility index (Phi) is 9.77. The summed E-state index contributed by atoms with van der Waals surface area (Å²) in [6.45, 7) is 2.16. The summed E-state index contributed by atoms with van der Waals surface area (Å²) in [5.41, 5.74) is 0.983. The molecule has 1 fully saturated rings. The molecule has 0 aromatic rings. The summed E-state index contributed by atoms with van der Waals surface area (Å²) in [5, 5.41) is 11.4. The van der Waals surface area contributed by atoms with E-state index in [2.05, 4.69) is 24.7 Å². The van der Waals surface area contributed by atoms with Crippen molar-refractivity contribution >= 4 is 18.3 Å². The van der Waals surface area contributed by atoms with Gasteiger partial charge in [0.15, 0.2) is 0 Å². The molecule has 0 amide bonds. The lowest BCUT2D eigenvalue weighted by molar-refractivity contribution is 0.314. The Morgan fingerprint density at radius 2 is 1.92 bits per heavy atom. The Labute approximate surface area is 86.8 Å². The van der Waals surface area contributed by atoms with E-state index in [1.807, 2.05) is 0 Å². The minimum atomic E-state index is 0.983. The molecule has 0 aliphatic heterocycles. The summed E-state index contributed by atoms with van der Waals surface area (Å²) in [7, 11) is 0. The van der Waals surface area contributed by atoms with Crippen molar-refractivity contribution in [3.63, 3.8) is 0 Å². The molecule has 3 heteroatoms. The van der Waals surface area contributed by atoms with Gasteiger partial charge in [0.25, 0.3) is 0 Å². The molecule has 0 atom stereocenters. The molecular weight excluding hydrogens is 182 g/mol. The number of hydrogen-bond donors (Lipinski definition) is 2. The maximum atomic E-state index is 8.28. The van der Waals surface area contributed by atoms with Crippen molar-refractivity contribution in [2.24, 2.45) is 5.16 Å². The maximum absolute atomic E-state index is 8.28. The van der Waals surface area contributed by atoms with Crippen molar-refractivity contribution in [3.05, 3.63) is 0 Å². The Morgan fingerprint density at radius 3 is 2.15 bits per heavy atom. The normalized spacial score (nSPS) is 16.0. The SMILES string of the molecule is CCCCS.ON=C1CCCCC1. The van der Waals surface area contributed by atoms with Crippen LogP contribution in [0.1, 0.15) is 51.9 Å². The van der Waals surface area contributed by atoms with Crippen molar-refractivity contribution in [3.8, 4) is 0 Å². The number of oxime groups is 1. The molecule has 13 heavy (non-hydrogen) atoms. The van der Waals surface area contributed by atoms with Gasteiger partial charge < -0.3 is 5.21 Å². The smallest absolute Gasteiger partial charge is 0.0570 e. The number of nitrogens with zero attached hydrogens (tertiary/aromatic N) is 1. The molecule has 78 valence electrons. The summed E-state index contributed by atoms with van der Waals surface area (Å²) >= 11 is 4.00. The van der Waals surface area contributed by atoms with Crippen LogP contribution in [0.5, 0.6) is 0 Å². The summed E-state index contributed by atoms with van der Waals surface area (Å²) in [5.74, 6) is 1.04. The van der Waals surface area contributed by atoms with Gasteiger partial charge in [0, 0.05) is 0 Å². The minimum Gasteiger partial charge on any atom is -0.411 e. The number of rotatable bonds is 2. The number of hydrogen-bond acceptors (Lipinski definition) is 3. The van der Waals surface area contributed by atoms with Crippen LogP contribution in [0, 0.1) is 0 Å². The third-order valence-corrected chi connectivity index (χ3v) is 2.40. The van der Waals surface area contributed by atoms with E-state index in [-0.39, 0.29) is 0 Å². The molecule has 1 aliphatic rings. The van der Waals surface area contributed by atoms with Gasteiger partial charge in [-0.25, -0.2) is 0 Å². The molecule has 0 heterocycles. The average molecular weight is 203 g/mol. The predicted molar refractivity (Wildman–Crippen MR) is 61.1 cm³/mol. The lowest BCUT2D eigenvalue weighted by Gasteiger charge is -2.08. The van der Waals surface area contributed by atoms with Gasteiger partial charge in [-0.1, -0.05) is 24.9 Å². The third kappa shape index (κ3) is 8.16. The van der Waals surface area contributed by atoms with E-state index in [1.54, 1.807) is 0 Å². The van der Waals surface area contributed by atoms with Gasteiger partial charge in [0.05, 0.1) is 5.71 Å². The topological polar surface area (TPSA) is 32.6 Å². The second kappa shape index (κ2) is 9.90. The van der Waals surface area contributed by atoms with Crippen molar-refractivity contribution in [1.82, 2.24) is 0 Å². The van der Waals surface area contributed by atoms with Gasteiger partial charge in [-0.15, -0.1) is 0 Å². The van der Waals surface area contributed by atoms with E-state index >= 15 is 0 Å². The highest BCUT2D eigenvalue weighted by molar-refractivity contribution is 7.80. The van der Waals surface area contributed by atoms with Crippen LogP contribution >= 0.6 is 12.6 Å². The van der Waals surface area contributed by atoms with Gasteiger partial charge in [-0.3, -0.25) is 0 Å². The summed E-state index contributed by atoms with van der Waals surface area (Å²) in [6, 6.07) is 0. The van der Waals surface area contributed by atoms with Crippen LogP contribution in [0.15, 0.2) is 5.16 Å². The zero-order chi connectivity index (χ0) is 9.94. The zero-order valence-electron chi connectivity index (χ0n) is 8.50. The first-order chi connectivity index (χ1) is 6.35. The first-order valence-corrected chi connectivity index (χ1v) is 5.79. The first kappa shape index (κ1) is 12.8. The molecule has 2 nitrogen and oxygen atoms in total. The van der Waals surface area contributed by atoms with Crippen LogP contribution in [0.3, 0.4) is 0 Å². The molecule has 0 unspecified atom stereocenters. The first-order valence-electron chi connectivity index (χ1n) is 5.15. The van der Waals surface area contributed by atoms with Gasteiger partial charge in [-0.2, -0.15) is 12.6 Å². The van der Waals surface area contributed by atoms with Crippen molar-refractivity contribution < 1.29 is 5.21 Å². The largest absolute Gasteiger partial charge is 0.411 e. The Hall–Kier alpha value is -0.180. The lowest BCUT2D eigenvalue weighted by Crippen LogP contribution is -2.03. The Balaban J connectivity index is 0.000000252. The summed E-state index contributed by atoms with van der Waals surface area (Å²) in [6.07, 6.45) is 8.26. The van der Waals surface area contributed by atoms with E-state index in [9.17, 15) is 0 Å². The molecule has 0 aromatic carbocycles. The molecule has 0 spiro atoms. The molecule has 0 aromatic heterocycles. The third-order valence-electron chi connectivity index (χ3n) is 2.08. The number of unbranched alkanes of at least 4 members (excludes halogenated alkanes) is 1. The van der Waals surface area contributed by atoms with Crippen LogP contribution in [-0.2, 0) is 0 Å². The highest BCUT2D eigenvalue weighted by Gasteiger charge is 2.05. The fourth-order valence-electron chi connectivity index (χ4n) is 1.22. The predicted octanol–water partition coefficient (Wildman–Crippen LogP) is 3.50. The highest BCUT2D eigenvalue weighted by atomic mass is 32.1. The molecular formula is C10H21NOS. The van der Waals surface area contributed by atoms with Crippen molar-refractivity contribution in [2.45, 2.75) is 51.9 Å². The maximum Gasteiger partial charge on any atom is 0.0570 e. The van der Waals surface area contributed by atoms with Crippen LogP contribution in [-0.4, -0.2) is 16.7 Å². The monoisotopic (exact) mass is 203 g/mol. The van der Waals surface area contributed by atoms with Gasteiger partial charge in [-0.05, 0) is 37.9 Å². The quantitative estimate of drug-likeness (QED) is 0.402. The fourth-order valence-corrected chi connectivity index (χ4v) is 1.53. The van der Waals surface area contributed by atoms with E-state index in [4.69, 9.17) is 5.21 Å². The summed E-state index contributed by atoms with van der Waals surface area (Å²) < 4.78 is 0. The number of thiol groups is 1. The zero-order valence-corrected chi connectivity index (χ0v) is 9.39. The van der Waals surface area contributed by atoms with Crippen LogP contribution in [0.4, 0.5) is 0 Å². The molecule has 0 saturated heterocycles. The van der Waals surface area contributed by atoms with E-state index in [0.717, 1.165) is 24.3 Å². The van der Waals surface area contributed by atoms with Crippen molar-refractivity contribution in [1.29, 1.82) is 0 Å². The Bertz CT molecular complexity index is 127. The lowest BCUT2D eigenvalue weighted by atomic mass is 9.99. The average Bonchev–Trinajstić information content (AvgIpc) is 2.21. The van der Waals surface area contributed by atoms with Crippen LogP contribution < -0.4 is 0 Å². The second-order valence-corrected chi connectivity index (χ2v) is 3.75. The van der Waals surface area contributed by atoms with Crippen LogP contribution in [0.25, 0.3) is 0 Å². The summed E-state index contributed by atoms with van der Waals surface area (Å²) in [4.78, 5) is 0. The van der Waals surface area contributed by atoms with Crippen molar-refractivity contribution in [2.75, 3.05) is 5.75 Å². The standard InChI is InChI=1S/C6H11NO.C4H10S/c8-7-6-4-2-1-3-5-6;1-2-3-4-5/h8H,1-5H2;5H,2-4H2,1H3. The molecule has 0 radical (unpaired) electrons. The van der Waals surface area contributed by atoms with E-state index < -0.39 is 0 Å². The van der Waals surface area contributed by atoms with E-state index in [1.165, 1.54) is 32.1 Å². The fraction of sp³-hybridized carbons (Fsp3) is 0.900. The minimum absolute atomic E-state index is 0.983.